The van der Waals surface area contributed by atoms with E-state index < -0.39 is 0 Å². The van der Waals surface area contributed by atoms with Gasteiger partial charge in [-0.15, -0.1) is 11.3 Å². The minimum atomic E-state index is -0.211. The monoisotopic (exact) mass is 432 g/mol. The summed E-state index contributed by atoms with van der Waals surface area (Å²) in [6, 6.07) is 10.9. The number of benzene rings is 1. The van der Waals surface area contributed by atoms with Gasteiger partial charge in [0.1, 0.15) is 0 Å². The Morgan fingerprint density at radius 2 is 2.14 bits per heavy atom. The molecule has 5 nitrogen and oxygen atoms in total. The van der Waals surface area contributed by atoms with Crippen molar-refractivity contribution in [2.45, 2.75) is 25.4 Å². The number of hydrogen-bond donors (Lipinski definition) is 1. The van der Waals surface area contributed by atoms with E-state index in [1.165, 1.54) is 11.3 Å². The van der Waals surface area contributed by atoms with Gasteiger partial charge in [-0.2, -0.15) is 0 Å². The number of likely N-dealkylation sites (tertiary alicyclic amines) is 1. The Balaban J connectivity index is 1.44. The van der Waals surface area contributed by atoms with Crippen molar-refractivity contribution in [2.24, 2.45) is 0 Å². The summed E-state index contributed by atoms with van der Waals surface area (Å²) in [4.78, 5) is 23.8. The summed E-state index contributed by atoms with van der Waals surface area (Å²) in [5, 5.41) is 6.65. The zero-order chi connectivity index (χ0) is 19.5. The molecule has 1 N–H and O–H groups in total. The standard InChI is InChI=1S/C20H18Cl2N4OS/c21-14-4-1-3-13(9-14)19(27)25-20-24-17(12-28-20)18-5-2-8-26(18)11-16-7-6-15(22)10-23-16/h1,3-4,6-7,9-10,12,18H,2,5,8,11H2,(H,24,25,27)/t18-/m1/s1. The van der Waals surface area contributed by atoms with E-state index in [1.54, 1.807) is 30.5 Å². The number of anilines is 1. The van der Waals surface area contributed by atoms with Gasteiger partial charge in [0.15, 0.2) is 5.13 Å². The van der Waals surface area contributed by atoms with Crippen LogP contribution in [0, 0.1) is 0 Å². The average molecular weight is 433 g/mol. The van der Waals surface area contributed by atoms with E-state index >= 15 is 0 Å². The van der Waals surface area contributed by atoms with Crippen LogP contribution in [0.5, 0.6) is 0 Å². The van der Waals surface area contributed by atoms with Crippen LogP contribution in [0.1, 0.15) is 40.6 Å². The second-order valence-corrected chi connectivity index (χ2v) is 8.37. The molecule has 0 aliphatic carbocycles. The van der Waals surface area contributed by atoms with E-state index in [2.05, 4.69) is 20.2 Å². The Morgan fingerprint density at radius 1 is 1.25 bits per heavy atom. The highest BCUT2D eigenvalue weighted by Crippen LogP contribution is 2.34. The molecule has 1 fully saturated rings. The zero-order valence-electron chi connectivity index (χ0n) is 14.9. The van der Waals surface area contributed by atoms with Gasteiger partial charge in [0, 0.05) is 28.7 Å². The maximum atomic E-state index is 12.4. The number of thiazole rings is 1. The molecule has 1 aromatic carbocycles. The molecule has 8 heteroatoms. The van der Waals surface area contributed by atoms with Crippen molar-refractivity contribution in [3.63, 3.8) is 0 Å². The number of carbonyl (C=O) groups is 1. The molecule has 28 heavy (non-hydrogen) atoms. The van der Waals surface area contributed by atoms with Crippen molar-refractivity contribution in [1.82, 2.24) is 14.9 Å². The highest BCUT2D eigenvalue weighted by molar-refractivity contribution is 7.14. The van der Waals surface area contributed by atoms with Gasteiger partial charge in [0.2, 0.25) is 0 Å². The highest BCUT2D eigenvalue weighted by atomic mass is 35.5. The summed E-state index contributed by atoms with van der Waals surface area (Å²) in [6.45, 7) is 1.75. The van der Waals surface area contributed by atoms with Crippen LogP contribution >= 0.6 is 34.5 Å². The molecule has 0 spiro atoms. The molecule has 2 aromatic heterocycles. The first-order valence-corrected chi connectivity index (χ1v) is 10.6. The Bertz CT molecular complexity index is 976. The lowest BCUT2D eigenvalue weighted by atomic mass is 10.1. The minimum absolute atomic E-state index is 0.211. The summed E-state index contributed by atoms with van der Waals surface area (Å²) in [5.41, 5.74) is 2.49. The van der Waals surface area contributed by atoms with E-state index in [9.17, 15) is 4.79 Å². The number of amides is 1. The predicted molar refractivity (Wildman–Crippen MR) is 113 cm³/mol. The number of nitrogens with zero attached hydrogens (tertiary/aromatic N) is 3. The SMILES string of the molecule is O=C(Nc1nc([C@H]2CCCN2Cc2ccc(Cl)cn2)cs1)c1cccc(Cl)c1. The molecule has 3 heterocycles. The summed E-state index contributed by atoms with van der Waals surface area (Å²) in [7, 11) is 0. The Hall–Kier alpha value is -1.99. The van der Waals surface area contributed by atoms with Crippen molar-refractivity contribution >= 4 is 45.6 Å². The number of hydrogen-bond acceptors (Lipinski definition) is 5. The lowest BCUT2D eigenvalue weighted by molar-refractivity contribution is 0.102. The number of nitrogens with one attached hydrogen (secondary N) is 1. The summed E-state index contributed by atoms with van der Waals surface area (Å²) >= 11 is 13.3. The molecule has 1 amide bonds. The Morgan fingerprint density at radius 3 is 2.93 bits per heavy atom. The van der Waals surface area contributed by atoms with Gasteiger partial charge < -0.3 is 0 Å². The van der Waals surface area contributed by atoms with Crippen molar-refractivity contribution in [2.75, 3.05) is 11.9 Å². The summed E-state index contributed by atoms with van der Waals surface area (Å²) in [5.74, 6) is -0.211. The second-order valence-electron chi connectivity index (χ2n) is 6.64. The van der Waals surface area contributed by atoms with Gasteiger partial charge in [-0.3, -0.25) is 20.0 Å². The quantitative estimate of drug-likeness (QED) is 0.583. The van der Waals surface area contributed by atoms with Gasteiger partial charge in [-0.25, -0.2) is 4.98 Å². The Labute approximate surface area is 177 Å². The topological polar surface area (TPSA) is 58.1 Å². The van der Waals surface area contributed by atoms with Gasteiger partial charge in [0.25, 0.3) is 5.91 Å². The summed E-state index contributed by atoms with van der Waals surface area (Å²) in [6.07, 6.45) is 3.83. The van der Waals surface area contributed by atoms with Crippen molar-refractivity contribution < 1.29 is 4.79 Å². The average Bonchev–Trinajstić information content (AvgIpc) is 3.33. The third-order valence-electron chi connectivity index (χ3n) is 4.69. The number of halogens is 2. The van der Waals surface area contributed by atoms with Crippen molar-refractivity contribution in [3.8, 4) is 0 Å². The fraction of sp³-hybridized carbons (Fsp3) is 0.250. The lowest BCUT2D eigenvalue weighted by Crippen LogP contribution is -2.23. The zero-order valence-corrected chi connectivity index (χ0v) is 17.3. The van der Waals surface area contributed by atoms with Crippen molar-refractivity contribution in [1.29, 1.82) is 0 Å². The van der Waals surface area contributed by atoms with Gasteiger partial charge in [0.05, 0.1) is 22.5 Å². The van der Waals surface area contributed by atoms with Crippen LogP contribution in [0.4, 0.5) is 5.13 Å². The van der Waals surface area contributed by atoms with Crippen molar-refractivity contribution in [3.05, 3.63) is 75.0 Å². The third kappa shape index (κ3) is 4.52. The van der Waals surface area contributed by atoms with E-state index in [0.29, 0.717) is 20.7 Å². The van der Waals surface area contributed by atoms with E-state index in [4.69, 9.17) is 23.2 Å². The van der Waals surface area contributed by atoms with Gasteiger partial charge in [-0.05, 0) is 49.7 Å². The molecule has 4 rings (SSSR count). The molecule has 0 radical (unpaired) electrons. The molecule has 0 bridgehead atoms. The Kier molecular flexibility index (Phi) is 5.92. The maximum absolute atomic E-state index is 12.4. The van der Waals surface area contributed by atoms with Crippen LogP contribution in [0.2, 0.25) is 10.0 Å². The van der Waals surface area contributed by atoms with Crippen LogP contribution in [0.25, 0.3) is 0 Å². The van der Waals surface area contributed by atoms with E-state index in [0.717, 1.165) is 37.3 Å². The highest BCUT2D eigenvalue weighted by Gasteiger charge is 2.28. The first-order valence-electron chi connectivity index (χ1n) is 8.95. The fourth-order valence-electron chi connectivity index (χ4n) is 3.35. The van der Waals surface area contributed by atoms with Crippen LogP contribution in [0.3, 0.4) is 0 Å². The molecular formula is C20H18Cl2N4OS. The lowest BCUT2D eigenvalue weighted by Gasteiger charge is -2.22. The van der Waals surface area contributed by atoms with Crippen LogP contribution in [-0.4, -0.2) is 27.3 Å². The number of pyridine rings is 1. The van der Waals surface area contributed by atoms with Crippen LogP contribution in [0.15, 0.2) is 48.0 Å². The second kappa shape index (κ2) is 8.57. The first-order chi connectivity index (χ1) is 13.6. The van der Waals surface area contributed by atoms with Crippen LogP contribution < -0.4 is 5.32 Å². The first kappa shape index (κ1) is 19.3. The van der Waals surface area contributed by atoms with Gasteiger partial charge in [-0.1, -0.05) is 29.3 Å². The van der Waals surface area contributed by atoms with Crippen LogP contribution in [-0.2, 0) is 6.54 Å². The molecule has 0 saturated carbocycles. The minimum Gasteiger partial charge on any atom is -0.298 e. The largest absolute Gasteiger partial charge is 0.298 e. The smallest absolute Gasteiger partial charge is 0.257 e. The summed E-state index contributed by atoms with van der Waals surface area (Å²) < 4.78 is 0. The molecule has 1 atom stereocenters. The van der Waals surface area contributed by atoms with E-state index in [1.807, 2.05) is 17.5 Å². The molecule has 1 saturated heterocycles. The molecule has 3 aromatic rings. The predicted octanol–water partition coefficient (Wildman–Crippen LogP) is 5.43. The number of carbonyl (C=O) groups excluding carboxylic acids is 1. The van der Waals surface area contributed by atoms with E-state index in [-0.39, 0.29) is 11.9 Å². The molecule has 0 unspecified atom stereocenters. The van der Waals surface area contributed by atoms with Gasteiger partial charge >= 0.3 is 0 Å². The number of rotatable bonds is 5. The number of aromatic nitrogens is 2. The normalized spacial score (nSPS) is 17.0. The fourth-order valence-corrected chi connectivity index (χ4v) is 4.41. The molecule has 1 aliphatic heterocycles. The maximum Gasteiger partial charge on any atom is 0.257 e. The molecule has 144 valence electrons. The third-order valence-corrected chi connectivity index (χ3v) is 5.92. The molecule has 1 aliphatic rings. The molecular weight excluding hydrogens is 415 g/mol.